The monoisotopic (exact) mass is 232 g/mol. The molecule has 1 amide bonds. The number of nitrogens with one attached hydrogen (secondary N) is 1. The van der Waals surface area contributed by atoms with Crippen LogP contribution in [0.5, 0.6) is 5.75 Å². The lowest BCUT2D eigenvalue weighted by molar-refractivity contribution is 0.0951. The summed E-state index contributed by atoms with van der Waals surface area (Å²) in [5.41, 5.74) is 7.09. The molecule has 0 atom stereocenters. The Morgan fingerprint density at radius 1 is 1.41 bits per heavy atom. The minimum atomic E-state index is -0.334. The number of phenolic OH excluding ortho intramolecular Hbond substituents is 1. The Morgan fingerprint density at radius 2 is 2.24 bits per heavy atom. The van der Waals surface area contributed by atoms with Crippen LogP contribution in [0.4, 0.5) is 5.69 Å². The SMILES string of the molecule is Nc1ccc(O)cc1C(=O)NCc1ccoc1. The molecular formula is C12H12N2O3. The van der Waals surface area contributed by atoms with Crippen LogP contribution in [0.25, 0.3) is 0 Å². The molecule has 88 valence electrons. The van der Waals surface area contributed by atoms with Crippen LogP contribution in [0.15, 0.2) is 41.2 Å². The van der Waals surface area contributed by atoms with Gasteiger partial charge in [0.05, 0.1) is 18.1 Å². The molecule has 0 fully saturated rings. The van der Waals surface area contributed by atoms with E-state index in [9.17, 15) is 9.90 Å². The van der Waals surface area contributed by atoms with Gasteiger partial charge >= 0.3 is 0 Å². The Morgan fingerprint density at radius 3 is 2.94 bits per heavy atom. The fourth-order valence-electron chi connectivity index (χ4n) is 1.41. The molecule has 0 saturated carbocycles. The molecule has 0 aliphatic rings. The maximum Gasteiger partial charge on any atom is 0.253 e. The predicted octanol–water partition coefficient (Wildman–Crippen LogP) is 1.50. The molecule has 2 rings (SSSR count). The quantitative estimate of drug-likeness (QED) is 0.552. The van der Waals surface area contributed by atoms with Crippen LogP contribution in [0, 0.1) is 0 Å². The fourth-order valence-corrected chi connectivity index (χ4v) is 1.41. The number of furan rings is 1. The summed E-state index contributed by atoms with van der Waals surface area (Å²) in [5, 5.41) is 12.0. The van der Waals surface area contributed by atoms with Crippen molar-refractivity contribution in [1.29, 1.82) is 0 Å². The van der Waals surface area contributed by atoms with Gasteiger partial charge in [-0.3, -0.25) is 4.79 Å². The van der Waals surface area contributed by atoms with Gasteiger partial charge in [-0.25, -0.2) is 0 Å². The second kappa shape index (κ2) is 4.61. The molecule has 0 spiro atoms. The molecule has 4 N–H and O–H groups in total. The zero-order valence-corrected chi connectivity index (χ0v) is 9.01. The van der Waals surface area contributed by atoms with E-state index in [0.717, 1.165) is 5.56 Å². The molecule has 0 saturated heterocycles. The summed E-state index contributed by atoms with van der Waals surface area (Å²) < 4.78 is 4.88. The predicted molar refractivity (Wildman–Crippen MR) is 62.4 cm³/mol. The van der Waals surface area contributed by atoms with Gasteiger partial charge in [0, 0.05) is 17.8 Å². The summed E-state index contributed by atoms with van der Waals surface area (Å²) in [6.07, 6.45) is 3.08. The standard InChI is InChI=1S/C12H12N2O3/c13-11-2-1-9(15)5-10(11)12(16)14-6-8-3-4-17-7-8/h1-5,7,15H,6,13H2,(H,14,16). The summed E-state index contributed by atoms with van der Waals surface area (Å²) in [6, 6.07) is 6.01. The molecule has 5 heteroatoms. The van der Waals surface area contributed by atoms with Crippen molar-refractivity contribution in [3.8, 4) is 5.75 Å². The summed E-state index contributed by atoms with van der Waals surface area (Å²) in [5.74, 6) is -0.327. The highest BCUT2D eigenvalue weighted by Gasteiger charge is 2.10. The molecule has 1 aromatic carbocycles. The number of hydrogen-bond acceptors (Lipinski definition) is 4. The summed E-state index contributed by atoms with van der Waals surface area (Å²) >= 11 is 0. The van der Waals surface area contributed by atoms with Crippen molar-refractivity contribution < 1.29 is 14.3 Å². The van der Waals surface area contributed by atoms with Crippen LogP contribution in [-0.2, 0) is 6.54 Å². The van der Waals surface area contributed by atoms with E-state index in [2.05, 4.69) is 5.32 Å². The van der Waals surface area contributed by atoms with Gasteiger partial charge in [-0.05, 0) is 24.3 Å². The van der Waals surface area contributed by atoms with E-state index in [0.29, 0.717) is 12.2 Å². The van der Waals surface area contributed by atoms with Gasteiger partial charge in [0.1, 0.15) is 5.75 Å². The molecule has 0 unspecified atom stereocenters. The van der Waals surface area contributed by atoms with Crippen molar-refractivity contribution in [2.75, 3.05) is 5.73 Å². The Balaban J connectivity index is 2.07. The van der Waals surface area contributed by atoms with Crippen LogP contribution in [0.3, 0.4) is 0 Å². The molecule has 0 bridgehead atoms. The lowest BCUT2D eigenvalue weighted by atomic mass is 10.1. The molecule has 1 heterocycles. The first-order valence-electron chi connectivity index (χ1n) is 5.04. The molecular weight excluding hydrogens is 220 g/mol. The number of carbonyl (C=O) groups is 1. The van der Waals surface area contributed by atoms with E-state index in [4.69, 9.17) is 10.2 Å². The third-order valence-corrected chi connectivity index (χ3v) is 2.31. The Hall–Kier alpha value is -2.43. The normalized spacial score (nSPS) is 10.1. The van der Waals surface area contributed by atoms with E-state index in [1.54, 1.807) is 12.3 Å². The van der Waals surface area contributed by atoms with Crippen molar-refractivity contribution in [1.82, 2.24) is 5.32 Å². The van der Waals surface area contributed by atoms with Crippen molar-refractivity contribution in [3.63, 3.8) is 0 Å². The maximum atomic E-state index is 11.8. The van der Waals surface area contributed by atoms with E-state index in [1.807, 2.05) is 0 Å². The van der Waals surface area contributed by atoms with Crippen LogP contribution in [0.2, 0.25) is 0 Å². The van der Waals surface area contributed by atoms with Gasteiger partial charge in [-0.15, -0.1) is 0 Å². The number of benzene rings is 1. The highest BCUT2D eigenvalue weighted by Crippen LogP contribution is 2.18. The van der Waals surface area contributed by atoms with Gasteiger partial charge < -0.3 is 20.6 Å². The molecule has 0 radical (unpaired) electrons. The van der Waals surface area contributed by atoms with Crippen LogP contribution in [-0.4, -0.2) is 11.0 Å². The van der Waals surface area contributed by atoms with Gasteiger partial charge in [-0.2, -0.15) is 0 Å². The largest absolute Gasteiger partial charge is 0.508 e. The van der Waals surface area contributed by atoms with E-state index in [-0.39, 0.29) is 17.2 Å². The molecule has 1 aromatic heterocycles. The van der Waals surface area contributed by atoms with Crippen LogP contribution in [0.1, 0.15) is 15.9 Å². The van der Waals surface area contributed by atoms with Crippen molar-refractivity contribution in [2.24, 2.45) is 0 Å². The summed E-state index contributed by atoms with van der Waals surface area (Å²) in [7, 11) is 0. The second-order valence-corrected chi connectivity index (χ2v) is 3.59. The molecule has 5 nitrogen and oxygen atoms in total. The van der Waals surface area contributed by atoms with Gasteiger partial charge in [0.15, 0.2) is 0 Å². The van der Waals surface area contributed by atoms with E-state index >= 15 is 0 Å². The minimum Gasteiger partial charge on any atom is -0.508 e. The van der Waals surface area contributed by atoms with E-state index < -0.39 is 0 Å². The van der Waals surface area contributed by atoms with Crippen molar-refractivity contribution in [2.45, 2.75) is 6.54 Å². The number of nitrogen functional groups attached to an aromatic ring is 1. The Kier molecular flexibility index (Phi) is 3.00. The number of nitrogens with two attached hydrogens (primary N) is 1. The second-order valence-electron chi connectivity index (χ2n) is 3.59. The number of anilines is 1. The zero-order valence-electron chi connectivity index (χ0n) is 9.01. The highest BCUT2D eigenvalue weighted by molar-refractivity contribution is 5.99. The van der Waals surface area contributed by atoms with Crippen LogP contribution >= 0.6 is 0 Å². The lowest BCUT2D eigenvalue weighted by Crippen LogP contribution is -2.23. The molecule has 0 aliphatic carbocycles. The average Bonchev–Trinajstić information content (AvgIpc) is 2.82. The third-order valence-electron chi connectivity index (χ3n) is 2.31. The topological polar surface area (TPSA) is 88.5 Å². The molecule has 17 heavy (non-hydrogen) atoms. The smallest absolute Gasteiger partial charge is 0.253 e. The average molecular weight is 232 g/mol. The Bertz CT molecular complexity index is 521. The number of carbonyl (C=O) groups excluding carboxylic acids is 1. The number of aromatic hydroxyl groups is 1. The van der Waals surface area contributed by atoms with Crippen LogP contribution < -0.4 is 11.1 Å². The summed E-state index contributed by atoms with van der Waals surface area (Å²) in [6.45, 7) is 0.352. The molecule has 2 aromatic rings. The third kappa shape index (κ3) is 2.57. The number of amides is 1. The number of rotatable bonds is 3. The number of phenols is 1. The minimum absolute atomic E-state index is 0.00709. The van der Waals surface area contributed by atoms with Gasteiger partial charge in [-0.1, -0.05) is 0 Å². The Labute approximate surface area is 97.9 Å². The first kappa shape index (κ1) is 11.1. The van der Waals surface area contributed by atoms with Crippen molar-refractivity contribution in [3.05, 3.63) is 47.9 Å². The van der Waals surface area contributed by atoms with Gasteiger partial charge in [0.25, 0.3) is 5.91 Å². The highest BCUT2D eigenvalue weighted by atomic mass is 16.3. The van der Waals surface area contributed by atoms with Gasteiger partial charge in [0.2, 0.25) is 0 Å². The summed E-state index contributed by atoms with van der Waals surface area (Å²) in [4.78, 5) is 11.8. The first-order chi connectivity index (χ1) is 8.16. The maximum absolute atomic E-state index is 11.8. The fraction of sp³-hybridized carbons (Fsp3) is 0.0833. The first-order valence-corrected chi connectivity index (χ1v) is 5.04. The number of hydrogen-bond donors (Lipinski definition) is 3. The van der Waals surface area contributed by atoms with E-state index in [1.165, 1.54) is 24.5 Å². The lowest BCUT2D eigenvalue weighted by Gasteiger charge is -2.06. The molecule has 0 aliphatic heterocycles. The van der Waals surface area contributed by atoms with Crippen molar-refractivity contribution >= 4 is 11.6 Å². The zero-order chi connectivity index (χ0) is 12.3.